The maximum Gasteiger partial charge on any atom is 0.416 e. The van der Waals surface area contributed by atoms with Gasteiger partial charge in [-0.05, 0) is 80.0 Å². The van der Waals surface area contributed by atoms with E-state index in [1.54, 1.807) is 0 Å². The third-order valence-electron chi connectivity index (χ3n) is 5.92. The molecule has 2 amide bonds. The Labute approximate surface area is 205 Å². The van der Waals surface area contributed by atoms with Crippen molar-refractivity contribution in [2.45, 2.75) is 33.4 Å². The van der Waals surface area contributed by atoms with Crippen molar-refractivity contribution in [2.24, 2.45) is 0 Å². The molecule has 1 fully saturated rings. The maximum absolute atomic E-state index is 13.3. The Morgan fingerprint density at radius 2 is 1.74 bits per heavy atom. The molecule has 2 aromatic carbocycles. The SMILES string of the molecule is CCc1ccccc1-n1c(C)cc(/C=C2\C(=O)NC(=S)N(c3cccc(C(F)(F)F)c3)C2=O)c1C. The third-order valence-corrected chi connectivity index (χ3v) is 6.20. The average molecular weight is 498 g/mol. The predicted octanol–water partition coefficient (Wildman–Crippen LogP) is 5.51. The summed E-state index contributed by atoms with van der Waals surface area (Å²) >= 11 is 5.12. The van der Waals surface area contributed by atoms with E-state index in [4.69, 9.17) is 12.2 Å². The lowest BCUT2D eigenvalue weighted by molar-refractivity contribution is -0.137. The van der Waals surface area contributed by atoms with Crippen molar-refractivity contribution >= 4 is 40.9 Å². The molecular weight excluding hydrogens is 475 g/mol. The van der Waals surface area contributed by atoms with Crippen LogP contribution in [0.2, 0.25) is 0 Å². The van der Waals surface area contributed by atoms with Crippen molar-refractivity contribution in [1.82, 2.24) is 9.88 Å². The van der Waals surface area contributed by atoms with Crippen molar-refractivity contribution < 1.29 is 22.8 Å². The van der Waals surface area contributed by atoms with Gasteiger partial charge in [-0.3, -0.25) is 19.8 Å². The van der Waals surface area contributed by atoms with E-state index < -0.39 is 23.6 Å². The molecule has 1 aliphatic rings. The molecule has 1 saturated heterocycles. The molecule has 180 valence electrons. The van der Waals surface area contributed by atoms with Gasteiger partial charge in [0.15, 0.2) is 5.11 Å². The molecule has 35 heavy (non-hydrogen) atoms. The molecule has 4 rings (SSSR count). The number of nitrogens with one attached hydrogen (secondary N) is 1. The third kappa shape index (κ3) is 4.51. The number of hydrogen-bond acceptors (Lipinski definition) is 3. The first-order valence-electron chi connectivity index (χ1n) is 10.9. The molecule has 0 atom stereocenters. The Kier molecular flexibility index (Phi) is 6.38. The van der Waals surface area contributed by atoms with Crippen LogP contribution in [0.25, 0.3) is 11.8 Å². The summed E-state index contributed by atoms with van der Waals surface area (Å²) in [6, 6.07) is 14.1. The van der Waals surface area contributed by atoms with Gasteiger partial charge in [0, 0.05) is 17.1 Å². The Bertz CT molecular complexity index is 1390. The monoisotopic (exact) mass is 497 g/mol. The van der Waals surface area contributed by atoms with Crippen molar-refractivity contribution in [2.75, 3.05) is 4.90 Å². The largest absolute Gasteiger partial charge is 0.416 e. The summed E-state index contributed by atoms with van der Waals surface area (Å²) in [5.74, 6) is -1.50. The highest BCUT2D eigenvalue weighted by Crippen LogP contribution is 2.33. The highest BCUT2D eigenvalue weighted by atomic mass is 32.1. The van der Waals surface area contributed by atoms with Gasteiger partial charge in [-0.25, -0.2) is 0 Å². The minimum Gasteiger partial charge on any atom is -0.318 e. The number of nitrogens with zero attached hydrogens (tertiary/aromatic N) is 2. The number of alkyl halides is 3. The van der Waals surface area contributed by atoms with Gasteiger partial charge in [-0.1, -0.05) is 31.2 Å². The van der Waals surface area contributed by atoms with Gasteiger partial charge >= 0.3 is 6.18 Å². The van der Waals surface area contributed by atoms with Gasteiger partial charge in [-0.15, -0.1) is 0 Å². The molecule has 1 N–H and O–H groups in total. The van der Waals surface area contributed by atoms with Gasteiger partial charge in [-0.2, -0.15) is 13.2 Å². The summed E-state index contributed by atoms with van der Waals surface area (Å²) in [5, 5.41) is 2.14. The molecule has 0 radical (unpaired) electrons. The zero-order valence-electron chi connectivity index (χ0n) is 19.2. The zero-order valence-corrected chi connectivity index (χ0v) is 20.1. The second-order valence-corrected chi connectivity index (χ2v) is 8.54. The fourth-order valence-corrected chi connectivity index (χ4v) is 4.48. The molecule has 0 spiro atoms. The van der Waals surface area contributed by atoms with E-state index in [1.165, 1.54) is 18.2 Å². The summed E-state index contributed by atoms with van der Waals surface area (Å²) in [7, 11) is 0. The minimum atomic E-state index is -4.59. The number of aromatic nitrogens is 1. The number of anilines is 1. The lowest BCUT2D eigenvalue weighted by Crippen LogP contribution is -2.54. The molecule has 0 saturated carbocycles. The van der Waals surface area contributed by atoms with Crippen LogP contribution in [0.3, 0.4) is 0 Å². The van der Waals surface area contributed by atoms with E-state index in [2.05, 4.69) is 12.2 Å². The topological polar surface area (TPSA) is 54.3 Å². The molecule has 5 nitrogen and oxygen atoms in total. The van der Waals surface area contributed by atoms with Crippen molar-refractivity contribution in [3.05, 3.63) is 88.2 Å². The van der Waals surface area contributed by atoms with Crippen LogP contribution >= 0.6 is 12.2 Å². The van der Waals surface area contributed by atoms with Crippen LogP contribution in [-0.2, 0) is 22.2 Å². The predicted molar refractivity (Wildman–Crippen MR) is 132 cm³/mol. The van der Waals surface area contributed by atoms with Crippen LogP contribution in [0.1, 0.15) is 35.0 Å². The highest BCUT2D eigenvalue weighted by molar-refractivity contribution is 7.80. The number of thiocarbonyl (C=S) groups is 1. The number of amides is 2. The van der Waals surface area contributed by atoms with Crippen molar-refractivity contribution in [1.29, 1.82) is 0 Å². The molecule has 0 aliphatic carbocycles. The molecule has 1 aliphatic heterocycles. The second-order valence-electron chi connectivity index (χ2n) is 8.15. The molecule has 3 aromatic rings. The van der Waals surface area contributed by atoms with Crippen LogP contribution in [0.4, 0.5) is 18.9 Å². The molecular formula is C26H22F3N3O2S. The molecule has 0 unspecified atom stereocenters. The average Bonchev–Trinajstić information content (AvgIpc) is 3.08. The van der Waals surface area contributed by atoms with Crippen LogP contribution in [-0.4, -0.2) is 21.5 Å². The normalized spacial score (nSPS) is 15.7. The number of aryl methyl sites for hydroxylation is 2. The summed E-state index contributed by atoms with van der Waals surface area (Å²) in [6.45, 7) is 5.87. The highest BCUT2D eigenvalue weighted by Gasteiger charge is 2.37. The van der Waals surface area contributed by atoms with E-state index >= 15 is 0 Å². The Hall–Kier alpha value is -3.72. The zero-order chi connectivity index (χ0) is 25.5. The smallest absolute Gasteiger partial charge is 0.318 e. The van der Waals surface area contributed by atoms with E-state index in [9.17, 15) is 22.8 Å². The minimum absolute atomic E-state index is 0.0805. The number of carbonyl (C=O) groups excluding carboxylic acids is 2. The second kappa shape index (κ2) is 9.14. The van der Waals surface area contributed by atoms with Gasteiger partial charge < -0.3 is 4.57 Å². The van der Waals surface area contributed by atoms with Crippen LogP contribution < -0.4 is 10.2 Å². The first-order chi connectivity index (χ1) is 16.5. The first-order valence-corrected chi connectivity index (χ1v) is 11.3. The van der Waals surface area contributed by atoms with E-state index in [-0.39, 0.29) is 16.4 Å². The first kappa shape index (κ1) is 24.4. The maximum atomic E-state index is 13.3. The molecule has 2 heterocycles. The number of carbonyl (C=O) groups is 2. The van der Waals surface area contributed by atoms with Gasteiger partial charge in [0.2, 0.25) is 0 Å². The molecule has 9 heteroatoms. The fraction of sp³-hybridized carbons (Fsp3) is 0.192. The van der Waals surface area contributed by atoms with Gasteiger partial charge in [0.25, 0.3) is 11.8 Å². The standard InChI is InChI=1S/C26H22F3N3O2S/c1-4-17-8-5-6-11-22(17)31-15(2)12-18(16(31)3)13-21-23(33)30-25(35)32(24(21)34)20-10-7-9-19(14-20)26(27,28)29/h5-14H,4H2,1-3H3,(H,30,33,35)/b21-13+. The number of rotatable bonds is 4. The van der Waals surface area contributed by atoms with Crippen LogP contribution in [0, 0.1) is 13.8 Å². The van der Waals surface area contributed by atoms with E-state index in [0.717, 1.165) is 46.1 Å². The molecule has 0 bridgehead atoms. The summed E-state index contributed by atoms with van der Waals surface area (Å²) in [4.78, 5) is 26.9. The van der Waals surface area contributed by atoms with Gasteiger partial charge in [0.05, 0.1) is 11.3 Å². The van der Waals surface area contributed by atoms with E-state index in [1.807, 2.05) is 48.7 Å². The van der Waals surface area contributed by atoms with Gasteiger partial charge in [0.1, 0.15) is 5.57 Å². The number of hydrogen-bond donors (Lipinski definition) is 1. The summed E-state index contributed by atoms with van der Waals surface area (Å²) in [5.41, 5.74) is 3.28. The van der Waals surface area contributed by atoms with Crippen LogP contribution in [0.5, 0.6) is 0 Å². The Balaban J connectivity index is 1.77. The molecule has 1 aromatic heterocycles. The number of halogens is 3. The van der Waals surface area contributed by atoms with Crippen LogP contribution in [0.15, 0.2) is 60.2 Å². The summed E-state index contributed by atoms with van der Waals surface area (Å²) < 4.78 is 41.7. The fourth-order valence-electron chi connectivity index (χ4n) is 4.20. The summed E-state index contributed by atoms with van der Waals surface area (Å²) in [6.07, 6.45) is -2.31. The van der Waals surface area contributed by atoms with Crippen molar-refractivity contribution in [3.63, 3.8) is 0 Å². The Morgan fingerprint density at radius 1 is 1.03 bits per heavy atom. The van der Waals surface area contributed by atoms with E-state index in [0.29, 0.717) is 5.56 Å². The lowest BCUT2D eigenvalue weighted by atomic mass is 10.1. The quantitative estimate of drug-likeness (QED) is 0.294. The number of para-hydroxylation sites is 1. The number of benzene rings is 2. The Morgan fingerprint density at radius 3 is 2.43 bits per heavy atom. The van der Waals surface area contributed by atoms with Crippen molar-refractivity contribution in [3.8, 4) is 5.69 Å². The lowest BCUT2D eigenvalue weighted by Gasteiger charge is -2.29.